The number of nitrogens with zero attached hydrogens (tertiary/aromatic N) is 1. The maximum atomic E-state index is 13.5. The monoisotopic (exact) mass is 503 g/mol. The van der Waals surface area contributed by atoms with Crippen LogP contribution < -0.4 is 15.4 Å². The average molecular weight is 504 g/mol. The van der Waals surface area contributed by atoms with E-state index in [1.54, 1.807) is 71.2 Å². The van der Waals surface area contributed by atoms with E-state index in [2.05, 4.69) is 23.3 Å². The number of phenols is 1. The van der Waals surface area contributed by atoms with Crippen molar-refractivity contribution in [2.45, 2.75) is 45.4 Å². The Labute approximate surface area is 211 Å². The third kappa shape index (κ3) is 8.10. The van der Waals surface area contributed by atoms with Crippen molar-refractivity contribution in [1.82, 2.24) is 10.2 Å². The smallest absolute Gasteiger partial charge is 0.408 e. The van der Waals surface area contributed by atoms with Crippen LogP contribution in [-0.4, -0.2) is 59.0 Å². The van der Waals surface area contributed by atoms with Crippen molar-refractivity contribution < 1.29 is 29.0 Å². The summed E-state index contributed by atoms with van der Waals surface area (Å²) >= 11 is 4.23. The van der Waals surface area contributed by atoms with Gasteiger partial charge in [-0.25, -0.2) is 4.79 Å². The highest BCUT2D eigenvalue weighted by atomic mass is 32.1. The van der Waals surface area contributed by atoms with Gasteiger partial charge in [0.25, 0.3) is 5.91 Å². The van der Waals surface area contributed by atoms with Crippen LogP contribution in [0.15, 0.2) is 48.5 Å². The summed E-state index contributed by atoms with van der Waals surface area (Å²) in [5, 5.41) is 15.4. The molecule has 2 unspecified atom stereocenters. The van der Waals surface area contributed by atoms with Gasteiger partial charge in [-0.15, -0.1) is 0 Å². The van der Waals surface area contributed by atoms with Gasteiger partial charge in [-0.3, -0.25) is 9.59 Å². The number of benzene rings is 2. The Hall–Kier alpha value is -3.40. The SMILES string of the molecule is CCN(C(=O)C(CS)NC(=O)OC(C)(C)C)C(C(=O)Nc1ccc(OC)cc1)c1cccc(O)c1. The van der Waals surface area contributed by atoms with Crippen LogP contribution in [0.1, 0.15) is 39.3 Å². The summed E-state index contributed by atoms with van der Waals surface area (Å²) in [6, 6.07) is 10.7. The standard InChI is InChI=1S/C25H33N3O6S/c1-6-28(23(31)20(15-35)27-24(32)34-25(2,3)4)21(16-8-7-9-18(29)14-16)22(30)26-17-10-12-19(33-5)13-11-17/h7-14,20-21,29,35H,6,15H2,1-5H3,(H,26,30)(H,27,32). The second kappa shape index (κ2) is 12.3. The van der Waals surface area contributed by atoms with E-state index in [9.17, 15) is 19.5 Å². The third-order valence-corrected chi connectivity index (χ3v) is 5.26. The first-order chi connectivity index (χ1) is 16.5. The molecular formula is C25H33N3O6S. The van der Waals surface area contributed by atoms with E-state index < -0.39 is 35.6 Å². The molecule has 2 atom stereocenters. The number of nitrogens with one attached hydrogen (secondary N) is 2. The van der Waals surface area contributed by atoms with Crippen molar-refractivity contribution in [1.29, 1.82) is 0 Å². The van der Waals surface area contributed by atoms with E-state index in [-0.39, 0.29) is 18.0 Å². The van der Waals surface area contributed by atoms with Crippen LogP contribution >= 0.6 is 12.6 Å². The second-order valence-electron chi connectivity index (χ2n) is 8.72. The number of anilines is 1. The molecule has 0 aliphatic heterocycles. The fourth-order valence-electron chi connectivity index (χ4n) is 3.35. The van der Waals surface area contributed by atoms with Crippen LogP contribution in [0.4, 0.5) is 10.5 Å². The minimum absolute atomic E-state index is 0.0125. The first-order valence-electron chi connectivity index (χ1n) is 11.1. The van der Waals surface area contributed by atoms with Gasteiger partial charge >= 0.3 is 6.09 Å². The summed E-state index contributed by atoms with van der Waals surface area (Å²) in [5.41, 5.74) is 0.157. The number of rotatable bonds is 9. The van der Waals surface area contributed by atoms with E-state index in [0.29, 0.717) is 17.0 Å². The summed E-state index contributed by atoms with van der Waals surface area (Å²) in [7, 11) is 1.54. The van der Waals surface area contributed by atoms with Gasteiger partial charge < -0.3 is 30.1 Å². The number of ether oxygens (including phenoxy) is 2. The molecule has 0 aliphatic rings. The number of thiol groups is 1. The van der Waals surface area contributed by atoms with Gasteiger partial charge in [-0.1, -0.05) is 12.1 Å². The fraction of sp³-hybridized carbons (Fsp3) is 0.400. The maximum absolute atomic E-state index is 13.5. The highest BCUT2D eigenvalue weighted by Gasteiger charge is 2.35. The molecule has 0 aromatic heterocycles. The Morgan fingerprint density at radius 3 is 2.29 bits per heavy atom. The minimum atomic E-state index is -1.09. The van der Waals surface area contributed by atoms with Crippen LogP contribution in [0.5, 0.6) is 11.5 Å². The molecule has 0 saturated carbocycles. The van der Waals surface area contributed by atoms with E-state index in [0.717, 1.165) is 0 Å². The van der Waals surface area contributed by atoms with Crippen LogP contribution in [0.25, 0.3) is 0 Å². The highest BCUT2D eigenvalue weighted by Crippen LogP contribution is 2.27. The molecule has 2 rings (SSSR count). The predicted octanol–water partition coefficient (Wildman–Crippen LogP) is 3.75. The van der Waals surface area contributed by atoms with Crippen LogP contribution in [-0.2, 0) is 14.3 Å². The van der Waals surface area contributed by atoms with Crippen molar-refractivity contribution in [3.8, 4) is 11.5 Å². The van der Waals surface area contributed by atoms with Gasteiger partial charge in [-0.2, -0.15) is 12.6 Å². The zero-order chi connectivity index (χ0) is 26.2. The molecular weight excluding hydrogens is 470 g/mol. The van der Waals surface area contributed by atoms with Crippen molar-refractivity contribution in [2.24, 2.45) is 0 Å². The number of carbonyl (C=O) groups is 3. The molecule has 2 aromatic carbocycles. The Kier molecular flexibility index (Phi) is 9.82. The van der Waals surface area contributed by atoms with Crippen molar-refractivity contribution in [2.75, 3.05) is 24.7 Å². The maximum Gasteiger partial charge on any atom is 0.408 e. The molecule has 9 nitrogen and oxygen atoms in total. The summed E-state index contributed by atoms with van der Waals surface area (Å²) in [4.78, 5) is 40.6. The quantitative estimate of drug-likeness (QED) is 0.387. The van der Waals surface area contributed by atoms with Gasteiger partial charge in [0.05, 0.1) is 7.11 Å². The Bertz CT molecular complexity index is 1020. The lowest BCUT2D eigenvalue weighted by Gasteiger charge is -2.33. The number of aromatic hydroxyl groups is 1. The Balaban J connectivity index is 2.37. The van der Waals surface area contributed by atoms with Gasteiger partial charge in [0.1, 0.15) is 29.2 Å². The average Bonchev–Trinajstić information content (AvgIpc) is 2.79. The lowest BCUT2D eigenvalue weighted by molar-refractivity contribution is -0.140. The van der Waals surface area contributed by atoms with Crippen LogP contribution in [0.3, 0.4) is 0 Å². The van der Waals surface area contributed by atoms with E-state index in [4.69, 9.17) is 9.47 Å². The second-order valence-corrected chi connectivity index (χ2v) is 9.09. The molecule has 0 saturated heterocycles. The summed E-state index contributed by atoms with van der Waals surface area (Å²) in [6.45, 7) is 7.00. The van der Waals surface area contributed by atoms with E-state index >= 15 is 0 Å². The number of methoxy groups -OCH3 is 1. The van der Waals surface area contributed by atoms with Crippen molar-refractivity contribution in [3.63, 3.8) is 0 Å². The largest absolute Gasteiger partial charge is 0.508 e. The minimum Gasteiger partial charge on any atom is -0.508 e. The van der Waals surface area contributed by atoms with Crippen LogP contribution in [0.2, 0.25) is 0 Å². The normalized spacial score (nSPS) is 12.7. The van der Waals surface area contributed by atoms with Crippen molar-refractivity contribution in [3.05, 3.63) is 54.1 Å². The molecule has 0 heterocycles. The molecule has 2 aromatic rings. The fourth-order valence-corrected chi connectivity index (χ4v) is 3.60. The van der Waals surface area contributed by atoms with Crippen molar-refractivity contribution >= 4 is 36.2 Å². The lowest BCUT2D eigenvalue weighted by Crippen LogP contribution is -2.53. The zero-order valence-corrected chi connectivity index (χ0v) is 21.5. The predicted molar refractivity (Wildman–Crippen MR) is 137 cm³/mol. The van der Waals surface area contributed by atoms with E-state index in [1.807, 2.05) is 0 Å². The first kappa shape index (κ1) is 27.8. The van der Waals surface area contributed by atoms with E-state index in [1.165, 1.54) is 17.0 Å². The zero-order valence-electron chi connectivity index (χ0n) is 20.6. The third-order valence-electron chi connectivity index (χ3n) is 4.90. The lowest BCUT2D eigenvalue weighted by atomic mass is 10.0. The van der Waals surface area contributed by atoms with Gasteiger partial charge in [-0.05, 0) is 69.7 Å². The summed E-state index contributed by atoms with van der Waals surface area (Å²) in [5.74, 6) is -0.451. The number of amides is 3. The molecule has 0 spiro atoms. The molecule has 3 N–H and O–H groups in total. The number of phenolic OH excluding ortho intramolecular Hbond substituents is 1. The molecule has 10 heteroatoms. The number of hydrogen-bond acceptors (Lipinski definition) is 7. The molecule has 0 bridgehead atoms. The summed E-state index contributed by atoms with van der Waals surface area (Å²) in [6.07, 6.45) is -0.766. The number of carbonyl (C=O) groups excluding carboxylic acids is 3. The number of likely N-dealkylation sites (N-methyl/N-ethyl adjacent to an activating group) is 1. The number of hydrogen-bond donors (Lipinski definition) is 4. The number of alkyl carbamates (subject to hydrolysis) is 1. The Morgan fingerprint density at radius 1 is 1.11 bits per heavy atom. The Morgan fingerprint density at radius 2 is 1.77 bits per heavy atom. The van der Waals surface area contributed by atoms with Crippen LogP contribution in [0, 0.1) is 0 Å². The molecule has 190 valence electrons. The molecule has 0 aliphatic carbocycles. The molecule has 0 radical (unpaired) electrons. The van der Waals surface area contributed by atoms with Gasteiger partial charge in [0, 0.05) is 18.0 Å². The van der Waals surface area contributed by atoms with Gasteiger partial charge in [0.2, 0.25) is 5.91 Å². The molecule has 35 heavy (non-hydrogen) atoms. The van der Waals surface area contributed by atoms with Gasteiger partial charge in [0.15, 0.2) is 0 Å². The first-order valence-corrected chi connectivity index (χ1v) is 11.8. The topological polar surface area (TPSA) is 117 Å². The molecule has 3 amide bonds. The molecule has 0 fully saturated rings. The highest BCUT2D eigenvalue weighted by molar-refractivity contribution is 7.80. The summed E-state index contributed by atoms with van der Waals surface area (Å²) < 4.78 is 10.4.